The number of aromatic amines is 1. The van der Waals surface area contributed by atoms with E-state index in [4.69, 9.17) is 5.73 Å². The molecule has 0 saturated heterocycles. The monoisotopic (exact) mass is 473 g/mol. The van der Waals surface area contributed by atoms with E-state index in [1.54, 1.807) is 6.07 Å². The van der Waals surface area contributed by atoms with E-state index < -0.39 is 35.7 Å². The number of rotatable bonds is 4. The van der Waals surface area contributed by atoms with Crippen molar-refractivity contribution in [2.75, 3.05) is 5.73 Å². The van der Waals surface area contributed by atoms with Crippen molar-refractivity contribution in [3.63, 3.8) is 0 Å². The average Bonchev–Trinajstić information content (AvgIpc) is 3.40. The second-order valence-corrected chi connectivity index (χ2v) is 7.12. The van der Waals surface area contributed by atoms with Gasteiger partial charge in [0.15, 0.2) is 6.39 Å². The molecule has 5 rings (SSSR count). The number of hydrogen-bond acceptors (Lipinski definition) is 7. The zero-order valence-corrected chi connectivity index (χ0v) is 16.9. The average molecular weight is 473 g/mol. The van der Waals surface area contributed by atoms with Crippen molar-refractivity contribution in [3.8, 4) is 22.4 Å². The molecule has 10 nitrogen and oxygen atoms in total. The lowest BCUT2D eigenvalue weighted by atomic mass is 10.0. The molecule has 5 aromatic rings. The second-order valence-electron chi connectivity index (χ2n) is 7.12. The van der Waals surface area contributed by atoms with E-state index in [1.165, 1.54) is 36.7 Å². The molecule has 4 heterocycles. The highest BCUT2D eigenvalue weighted by atomic mass is 19.4. The van der Waals surface area contributed by atoms with Crippen LogP contribution in [0.25, 0.3) is 28.0 Å². The summed E-state index contributed by atoms with van der Waals surface area (Å²) >= 11 is 0. The number of halogens is 4. The first-order chi connectivity index (χ1) is 16.2. The Balaban J connectivity index is 1.76. The predicted octanol–water partition coefficient (Wildman–Crippen LogP) is 2.21. The minimum atomic E-state index is -4.80. The van der Waals surface area contributed by atoms with Crippen molar-refractivity contribution in [3.05, 3.63) is 76.9 Å². The van der Waals surface area contributed by atoms with Crippen LogP contribution in [0.1, 0.15) is 11.5 Å². The maximum atomic E-state index is 13.5. The van der Waals surface area contributed by atoms with Gasteiger partial charge in [0.25, 0.3) is 0 Å². The molecule has 0 fully saturated rings. The highest BCUT2D eigenvalue weighted by molar-refractivity contribution is 5.88. The van der Waals surface area contributed by atoms with Gasteiger partial charge in [0.05, 0.1) is 24.5 Å². The van der Waals surface area contributed by atoms with Crippen molar-refractivity contribution in [2.24, 2.45) is 0 Å². The number of alkyl halides is 3. The number of nitrogens with zero attached hydrogens (tertiary/aromatic N) is 6. The maximum absolute atomic E-state index is 13.5. The van der Waals surface area contributed by atoms with Gasteiger partial charge >= 0.3 is 17.8 Å². The van der Waals surface area contributed by atoms with Gasteiger partial charge in [-0.2, -0.15) is 28.1 Å². The summed E-state index contributed by atoms with van der Waals surface area (Å²) in [7, 11) is 0. The Morgan fingerprint density at radius 1 is 1.09 bits per heavy atom. The molecule has 14 heteroatoms. The zero-order chi connectivity index (χ0) is 24.0. The lowest BCUT2D eigenvalue weighted by Gasteiger charge is -2.08. The molecule has 3 N–H and O–H groups in total. The van der Waals surface area contributed by atoms with Crippen LogP contribution in [0, 0.1) is 5.82 Å². The molecule has 0 radical (unpaired) electrons. The molecular formula is C20H13F4N8O2+. The lowest BCUT2D eigenvalue weighted by molar-refractivity contribution is -0.351. The lowest BCUT2D eigenvalue weighted by Crippen LogP contribution is -2.28. The minimum Gasteiger partial charge on any atom is -0.439 e. The number of anilines is 1. The molecule has 34 heavy (non-hydrogen) atoms. The number of oxazole rings is 1. The Morgan fingerprint density at radius 3 is 2.53 bits per heavy atom. The van der Waals surface area contributed by atoms with Gasteiger partial charge in [0.2, 0.25) is 11.4 Å². The fourth-order valence-corrected chi connectivity index (χ4v) is 3.55. The fraction of sp³-hybridized carbons (Fsp3) is 0.100. The van der Waals surface area contributed by atoms with Gasteiger partial charge in [-0.1, -0.05) is 0 Å². The van der Waals surface area contributed by atoms with E-state index in [0.717, 1.165) is 9.08 Å². The van der Waals surface area contributed by atoms with E-state index in [-0.39, 0.29) is 11.6 Å². The topological polar surface area (TPSA) is 131 Å². The van der Waals surface area contributed by atoms with E-state index in [2.05, 4.69) is 29.7 Å². The highest BCUT2D eigenvalue weighted by Crippen LogP contribution is 2.33. The molecule has 0 atom stereocenters. The summed E-state index contributed by atoms with van der Waals surface area (Å²) in [6, 6.07) is 7.07. The molecule has 0 amide bonds. The minimum absolute atomic E-state index is 0.0330. The smallest absolute Gasteiger partial charge is 0.439 e. The third kappa shape index (κ3) is 3.54. The Bertz CT molecular complexity index is 1560. The first-order valence-corrected chi connectivity index (χ1v) is 9.61. The number of hydrogen-bond donors (Lipinski definition) is 1. The maximum Gasteiger partial charge on any atom is 0.451 e. The van der Waals surface area contributed by atoms with Gasteiger partial charge in [-0.05, 0) is 30.3 Å². The molecule has 1 aromatic carbocycles. The largest absolute Gasteiger partial charge is 0.451 e. The number of aromatic nitrogens is 7. The molecule has 0 unspecified atom stereocenters. The molecule has 0 spiro atoms. The first kappa shape index (κ1) is 21.2. The highest BCUT2D eigenvalue weighted by Gasteiger charge is 2.39. The Labute approximate surface area is 186 Å². The van der Waals surface area contributed by atoms with Gasteiger partial charge in [0, 0.05) is 11.1 Å². The molecular weight excluding hydrogens is 460 g/mol. The van der Waals surface area contributed by atoms with Crippen LogP contribution in [-0.4, -0.2) is 29.4 Å². The number of H-pyrrole nitrogens is 1. The van der Waals surface area contributed by atoms with Crippen molar-refractivity contribution in [2.45, 2.75) is 12.7 Å². The standard InChI is InChI=1S/C20H12F4N8O2/c21-12-3-1-10(2-4-12)15-14(11-5-6-27-28-7-11)17-30-31(19(33)32(17)18(25)29-15)8-13-16(20(22,23)24)34-9-26-13/h1-7,9H,8H2,(H2,25,29)/p+1. The van der Waals surface area contributed by atoms with E-state index in [9.17, 15) is 22.4 Å². The van der Waals surface area contributed by atoms with Crippen LogP contribution in [-0.2, 0) is 12.7 Å². The van der Waals surface area contributed by atoms with Crippen LogP contribution >= 0.6 is 0 Å². The van der Waals surface area contributed by atoms with Gasteiger partial charge < -0.3 is 4.42 Å². The number of nitrogen functional groups attached to an aromatic ring is 1. The third-order valence-electron chi connectivity index (χ3n) is 5.01. The fourth-order valence-electron chi connectivity index (χ4n) is 3.55. The summed E-state index contributed by atoms with van der Waals surface area (Å²) in [6.07, 6.45) is -1.33. The molecule has 0 aliphatic carbocycles. The van der Waals surface area contributed by atoms with Crippen molar-refractivity contribution in [1.29, 1.82) is 0 Å². The van der Waals surface area contributed by atoms with Gasteiger partial charge in [-0.25, -0.2) is 19.2 Å². The van der Waals surface area contributed by atoms with Crippen molar-refractivity contribution in [1.82, 2.24) is 29.4 Å². The predicted molar refractivity (Wildman–Crippen MR) is 107 cm³/mol. The SMILES string of the molecule is Nc1[nH+]c(-c2ccc(F)cc2)c(-c2ccnnc2)c2nn(Cc3ncoc3C(F)(F)F)c(=O)n12. The van der Waals surface area contributed by atoms with Crippen molar-refractivity contribution < 1.29 is 27.0 Å². The Kier molecular flexibility index (Phi) is 4.84. The summed E-state index contributed by atoms with van der Waals surface area (Å²) in [6.45, 7) is -0.620. The molecule has 172 valence electrons. The summed E-state index contributed by atoms with van der Waals surface area (Å²) < 4.78 is 59.4. The number of benzene rings is 1. The van der Waals surface area contributed by atoms with Gasteiger partial charge in [-0.15, -0.1) is 9.50 Å². The second kappa shape index (κ2) is 7.75. The first-order valence-electron chi connectivity index (χ1n) is 9.61. The van der Waals surface area contributed by atoms with Gasteiger partial charge in [0.1, 0.15) is 17.2 Å². The molecule has 0 bridgehead atoms. The van der Waals surface area contributed by atoms with E-state index in [0.29, 0.717) is 28.8 Å². The molecule has 0 saturated carbocycles. The number of fused-ring (bicyclic) bond motifs is 1. The van der Waals surface area contributed by atoms with Gasteiger partial charge in [-0.3, -0.25) is 5.73 Å². The van der Waals surface area contributed by atoms with Crippen LogP contribution in [0.3, 0.4) is 0 Å². The molecule has 0 aliphatic heterocycles. The summed E-state index contributed by atoms with van der Waals surface area (Å²) in [5.41, 5.74) is 6.52. The Hall–Kier alpha value is -4.62. The van der Waals surface area contributed by atoms with Crippen LogP contribution in [0.2, 0.25) is 0 Å². The zero-order valence-electron chi connectivity index (χ0n) is 16.9. The summed E-state index contributed by atoms with van der Waals surface area (Å²) in [5, 5.41) is 11.8. The van der Waals surface area contributed by atoms with E-state index >= 15 is 0 Å². The number of nitrogens with two attached hydrogens (primary N) is 1. The third-order valence-corrected chi connectivity index (χ3v) is 5.01. The van der Waals surface area contributed by atoms with Crippen molar-refractivity contribution >= 4 is 11.6 Å². The number of nitrogens with one attached hydrogen (secondary N) is 1. The molecule has 0 aliphatic rings. The summed E-state index contributed by atoms with van der Waals surface area (Å²) in [5.74, 6) is -1.94. The van der Waals surface area contributed by atoms with Crippen LogP contribution in [0.4, 0.5) is 23.5 Å². The Morgan fingerprint density at radius 2 is 1.85 bits per heavy atom. The summed E-state index contributed by atoms with van der Waals surface area (Å²) in [4.78, 5) is 19.5. The van der Waals surface area contributed by atoms with Crippen LogP contribution < -0.4 is 16.4 Å². The molecule has 4 aromatic heterocycles. The van der Waals surface area contributed by atoms with Crippen LogP contribution in [0.5, 0.6) is 0 Å². The quantitative estimate of drug-likeness (QED) is 0.396. The van der Waals surface area contributed by atoms with E-state index in [1.807, 2.05) is 0 Å². The normalized spacial score (nSPS) is 11.9. The van der Waals surface area contributed by atoms with Crippen LogP contribution in [0.15, 0.2) is 58.3 Å².